The van der Waals surface area contributed by atoms with Gasteiger partial charge in [0.2, 0.25) is 0 Å². The Bertz CT molecular complexity index is 320. The second kappa shape index (κ2) is 4.12. The topological polar surface area (TPSA) is 47.1 Å². The van der Waals surface area contributed by atoms with Gasteiger partial charge in [-0.3, -0.25) is 9.58 Å². The molecule has 1 aliphatic heterocycles. The lowest BCUT2D eigenvalue weighted by atomic mass is 10.1. The van der Waals surface area contributed by atoms with Gasteiger partial charge in [0.15, 0.2) is 0 Å². The summed E-state index contributed by atoms with van der Waals surface area (Å²) in [6.45, 7) is 5.02. The molecule has 1 aromatic heterocycles. The van der Waals surface area contributed by atoms with E-state index in [1.165, 1.54) is 0 Å². The average molecular weight is 229 g/mol. The molecule has 15 heavy (non-hydrogen) atoms. The standard InChI is InChI=1S/C10H17ClN4/c1-7-4-15(5-9(7)12)6-10-8(11)3-13-14(10)2/h3,7,9H,4-6,12H2,1-2H3. The Morgan fingerprint density at radius 3 is 2.80 bits per heavy atom. The molecule has 1 aliphatic rings. The van der Waals surface area contributed by atoms with Gasteiger partial charge in [0.05, 0.1) is 16.9 Å². The molecule has 2 unspecified atom stereocenters. The van der Waals surface area contributed by atoms with Gasteiger partial charge in [-0.25, -0.2) is 0 Å². The molecule has 2 rings (SSSR count). The van der Waals surface area contributed by atoms with Gasteiger partial charge >= 0.3 is 0 Å². The smallest absolute Gasteiger partial charge is 0.0831 e. The SMILES string of the molecule is CC1CN(Cc2c(Cl)cnn2C)CC1N. The van der Waals surface area contributed by atoms with Crippen LogP contribution < -0.4 is 5.73 Å². The van der Waals surface area contributed by atoms with Crippen LogP contribution in [0.1, 0.15) is 12.6 Å². The van der Waals surface area contributed by atoms with Gasteiger partial charge in [0, 0.05) is 32.7 Å². The van der Waals surface area contributed by atoms with Gasteiger partial charge in [-0.15, -0.1) is 0 Å². The van der Waals surface area contributed by atoms with Crippen molar-refractivity contribution in [2.75, 3.05) is 13.1 Å². The lowest BCUT2D eigenvalue weighted by Gasteiger charge is -2.15. The summed E-state index contributed by atoms with van der Waals surface area (Å²) in [5.41, 5.74) is 7.04. The van der Waals surface area contributed by atoms with Crippen molar-refractivity contribution in [3.8, 4) is 0 Å². The Balaban J connectivity index is 2.04. The van der Waals surface area contributed by atoms with Gasteiger partial charge in [0.1, 0.15) is 0 Å². The van der Waals surface area contributed by atoms with Crippen molar-refractivity contribution in [2.45, 2.75) is 19.5 Å². The molecule has 0 amide bonds. The van der Waals surface area contributed by atoms with Crippen LogP contribution in [0.5, 0.6) is 0 Å². The molecule has 0 aliphatic carbocycles. The summed E-state index contributed by atoms with van der Waals surface area (Å²) in [5, 5.41) is 4.86. The van der Waals surface area contributed by atoms with Crippen LogP contribution >= 0.6 is 11.6 Å². The van der Waals surface area contributed by atoms with Crippen molar-refractivity contribution in [1.29, 1.82) is 0 Å². The summed E-state index contributed by atoms with van der Waals surface area (Å²) in [6.07, 6.45) is 1.69. The van der Waals surface area contributed by atoms with Gasteiger partial charge in [-0.05, 0) is 5.92 Å². The number of likely N-dealkylation sites (tertiary alicyclic amines) is 1. The van der Waals surface area contributed by atoms with E-state index in [0.717, 1.165) is 30.4 Å². The van der Waals surface area contributed by atoms with Crippen LogP contribution in [0.4, 0.5) is 0 Å². The fraction of sp³-hybridized carbons (Fsp3) is 0.700. The molecule has 1 aromatic rings. The highest BCUT2D eigenvalue weighted by Crippen LogP contribution is 2.21. The quantitative estimate of drug-likeness (QED) is 0.817. The molecule has 5 heteroatoms. The Morgan fingerprint density at radius 2 is 2.33 bits per heavy atom. The summed E-state index contributed by atoms with van der Waals surface area (Å²) in [7, 11) is 1.92. The Hall–Kier alpha value is -0.580. The first kappa shape index (κ1) is 10.9. The molecule has 0 bridgehead atoms. The first-order valence-corrected chi connectivity index (χ1v) is 5.60. The normalized spacial score (nSPS) is 27.5. The first-order chi connectivity index (χ1) is 7.08. The molecule has 0 radical (unpaired) electrons. The number of nitrogens with zero attached hydrogens (tertiary/aromatic N) is 3. The third kappa shape index (κ3) is 2.17. The summed E-state index contributed by atoms with van der Waals surface area (Å²) in [6, 6.07) is 0.289. The van der Waals surface area contributed by atoms with E-state index in [1.807, 2.05) is 11.7 Å². The van der Waals surface area contributed by atoms with E-state index in [9.17, 15) is 0 Å². The third-order valence-corrected chi connectivity index (χ3v) is 3.45. The fourth-order valence-electron chi connectivity index (χ4n) is 2.05. The van der Waals surface area contributed by atoms with E-state index in [1.54, 1.807) is 6.20 Å². The van der Waals surface area contributed by atoms with E-state index in [4.69, 9.17) is 17.3 Å². The number of nitrogens with two attached hydrogens (primary N) is 1. The second-order valence-corrected chi connectivity index (χ2v) is 4.81. The molecule has 0 spiro atoms. The number of hydrogen-bond acceptors (Lipinski definition) is 3. The lowest BCUT2D eigenvalue weighted by molar-refractivity contribution is 0.309. The van der Waals surface area contributed by atoms with Gasteiger partial charge < -0.3 is 5.73 Å². The van der Waals surface area contributed by atoms with Crippen LogP contribution in [-0.2, 0) is 13.6 Å². The minimum absolute atomic E-state index is 0.289. The summed E-state index contributed by atoms with van der Waals surface area (Å²) < 4.78 is 1.83. The number of aromatic nitrogens is 2. The Morgan fingerprint density at radius 1 is 1.60 bits per heavy atom. The van der Waals surface area contributed by atoms with E-state index in [-0.39, 0.29) is 6.04 Å². The van der Waals surface area contributed by atoms with Crippen LogP contribution in [-0.4, -0.2) is 33.8 Å². The minimum Gasteiger partial charge on any atom is -0.326 e. The van der Waals surface area contributed by atoms with Crippen molar-refractivity contribution in [1.82, 2.24) is 14.7 Å². The van der Waals surface area contributed by atoms with Crippen molar-refractivity contribution < 1.29 is 0 Å². The summed E-state index contributed by atoms with van der Waals surface area (Å²) in [4.78, 5) is 2.33. The predicted molar refractivity (Wildman–Crippen MR) is 60.6 cm³/mol. The van der Waals surface area contributed by atoms with Crippen molar-refractivity contribution in [3.63, 3.8) is 0 Å². The number of hydrogen-bond donors (Lipinski definition) is 1. The molecule has 84 valence electrons. The van der Waals surface area contributed by atoms with Crippen LogP contribution in [0.15, 0.2) is 6.20 Å². The maximum atomic E-state index is 6.06. The molecule has 0 saturated carbocycles. The van der Waals surface area contributed by atoms with E-state index in [0.29, 0.717) is 5.92 Å². The fourth-order valence-corrected chi connectivity index (χ4v) is 2.28. The van der Waals surface area contributed by atoms with Crippen LogP contribution in [0.3, 0.4) is 0 Å². The lowest BCUT2D eigenvalue weighted by Crippen LogP contribution is -2.28. The number of rotatable bonds is 2. The Kier molecular flexibility index (Phi) is 3.00. The van der Waals surface area contributed by atoms with Crippen LogP contribution in [0, 0.1) is 5.92 Å². The molecule has 4 nitrogen and oxygen atoms in total. The third-order valence-electron chi connectivity index (χ3n) is 3.13. The van der Waals surface area contributed by atoms with Crippen LogP contribution in [0.2, 0.25) is 5.02 Å². The van der Waals surface area contributed by atoms with Crippen molar-refractivity contribution >= 4 is 11.6 Å². The van der Waals surface area contributed by atoms with E-state index in [2.05, 4.69) is 16.9 Å². The molecule has 0 aromatic carbocycles. The average Bonchev–Trinajstić information content (AvgIpc) is 2.64. The highest BCUT2D eigenvalue weighted by Gasteiger charge is 2.27. The molecule has 2 N–H and O–H groups in total. The first-order valence-electron chi connectivity index (χ1n) is 5.22. The molecule has 1 fully saturated rings. The molecule has 1 saturated heterocycles. The van der Waals surface area contributed by atoms with E-state index < -0.39 is 0 Å². The molecule has 2 heterocycles. The molecule has 2 atom stereocenters. The van der Waals surface area contributed by atoms with Crippen molar-refractivity contribution in [3.05, 3.63) is 16.9 Å². The van der Waals surface area contributed by atoms with Crippen molar-refractivity contribution in [2.24, 2.45) is 18.7 Å². The molecular weight excluding hydrogens is 212 g/mol. The number of aryl methyl sites for hydroxylation is 1. The molecular formula is C10H17ClN4. The van der Waals surface area contributed by atoms with Gasteiger partial charge in [-0.1, -0.05) is 18.5 Å². The highest BCUT2D eigenvalue weighted by atomic mass is 35.5. The summed E-state index contributed by atoms with van der Waals surface area (Å²) >= 11 is 6.06. The summed E-state index contributed by atoms with van der Waals surface area (Å²) in [5.74, 6) is 0.567. The Labute approximate surface area is 95.0 Å². The zero-order chi connectivity index (χ0) is 11.0. The zero-order valence-electron chi connectivity index (χ0n) is 9.15. The minimum atomic E-state index is 0.289. The monoisotopic (exact) mass is 228 g/mol. The van der Waals surface area contributed by atoms with Gasteiger partial charge in [0.25, 0.3) is 0 Å². The van der Waals surface area contributed by atoms with E-state index >= 15 is 0 Å². The maximum absolute atomic E-state index is 6.06. The van der Waals surface area contributed by atoms with Crippen LogP contribution in [0.25, 0.3) is 0 Å². The largest absolute Gasteiger partial charge is 0.326 e. The van der Waals surface area contributed by atoms with Gasteiger partial charge in [-0.2, -0.15) is 5.10 Å². The highest BCUT2D eigenvalue weighted by molar-refractivity contribution is 6.31. The maximum Gasteiger partial charge on any atom is 0.0831 e. The zero-order valence-corrected chi connectivity index (χ0v) is 9.91. The second-order valence-electron chi connectivity index (χ2n) is 4.40. The number of halogens is 1. The predicted octanol–water partition coefficient (Wildman–Crippen LogP) is 0.853.